The molecule has 1 aromatic carbocycles. The molecule has 3 aliphatic carbocycles. The average molecular weight is 520 g/mol. The Morgan fingerprint density at radius 2 is 1.74 bits per heavy atom. The number of terminal acetylenes is 1. The van der Waals surface area contributed by atoms with Crippen LogP contribution in [0.2, 0.25) is 39.3 Å². The minimum absolute atomic E-state index is 0.0961. The second-order valence-electron chi connectivity index (χ2n) is 12.3. The van der Waals surface area contributed by atoms with E-state index in [0.717, 1.165) is 25.0 Å². The van der Waals surface area contributed by atoms with Gasteiger partial charge in [-0.05, 0) is 129 Å². The number of hydrogen-bond acceptors (Lipinski definition) is 2. The van der Waals surface area contributed by atoms with Gasteiger partial charge in [-0.15, -0.1) is 6.42 Å². The summed E-state index contributed by atoms with van der Waals surface area (Å²) < 4.78 is 14.4. The molecular weight excluding hydrogens is 480 g/mol. The summed E-state index contributed by atoms with van der Waals surface area (Å²) in [5, 5.41) is 0. The van der Waals surface area contributed by atoms with Crippen molar-refractivity contribution in [2.45, 2.75) is 96.2 Å². The summed E-state index contributed by atoms with van der Waals surface area (Å²) in [7, 11) is -3.37. The fourth-order valence-corrected chi connectivity index (χ4v) is 10.0. The first-order chi connectivity index (χ1) is 14.3. The Hall–Kier alpha value is -0.546. The molecule has 4 rings (SSSR count). The van der Waals surface area contributed by atoms with Crippen LogP contribution in [-0.4, -0.2) is 22.2 Å². The van der Waals surface area contributed by atoms with E-state index in [2.05, 4.69) is 80.2 Å². The lowest BCUT2D eigenvalue weighted by atomic mass is 9.53. The quantitative estimate of drug-likeness (QED) is 0.299. The van der Waals surface area contributed by atoms with Gasteiger partial charge in [0, 0.05) is 5.41 Å². The molecule has 0 aromatic heterocycles. The van der Waals surface area contributed by atoms with Crippen molar-refractivity contribution in [2.75, 3.05) is 0 Å². The molecule has 0 spiro atoms. The Morgan fingerprint density at radius 1 is 1.03 bits per heavy atom. The van der Waals surface area contributed by atoms with Gasteiger partial charge in [0.2, 0.25) is 8.32 Å². The molecule has 0 bridgehead atoms. The Balaban J connectivity index is 1.66. The molecule has 5 heteroatoms. The lowest BCUT2D eigenvalue weighted by molar-refractivity contribution is -0.0537. The summed E-state index contributed by atoms with van der Waals surface area (Å²) in [4.78, 5) is 0. The summed E-state index contributed by atoms with van der Waals surface area (Å²) in [6.07, 6.45) is 13.2. The molecule has 0 saturated heterocycles. The highest BCUT2D eigenvalue weighted by Gasteiger charge is 2.63. The van der Waals surface area contributed by atoms with Gasteiger partial charge in [-0.25, -0.2) is 0 Å². The van der Waals surface area contributed by atoms with Gasteiger partial charge in [0.25, 0.3) is 0 Å². The summed E-state index contributed by atoms with van der Waals surface area (Å²) in [5.41, 5.74) is 2.76. The Labute approximate surface area is 200 Å². The molecule has 0 radical (unpaired) electrons. The average Bonchev–Trinajstić information content (AvgIpc) is 2.94. The van der Waals surface area contributed by atoms with Gasteiger partial charge in [-0.1, -0.05) is 18.9 Å². The second-order valence-corrected chi connectivity index (χ2v) is 21.9. The molecule has 2 fully saturated rings. The lowest BCUT2D eigenvalue weighted by Gasteiger charge is -2.54. The van der Waals surface area contributed by atoms with Gasteiger partial charge in [-0.2, -0.15) is 0 Å². The van der Waals surface area contributed by atoms with Crippen LogP contribution in [0.3, 0.4) is 0 Å². The van der Waals surface area contributed by atoms with E-state index in [1.807, 2.05) is 0 Å². The Morgan fingerprint density at radius 3 is 2.35 bits per heavy atom. The fourth-order valence-electron chi connectivity index (χ4n) is 6.97. The van der Waals surface area contributed by atoms with Crippen LogP contribution in [0.25, 0.3) is 0 Å². The largest absolute Gasteiger partial charge is 0.544 e. The summed E-state index contributed by atoms with van der Waals surface area (Å²) in [5.74, 6) is 6.26. The van der Waals surface area contributed by atoms with Gasteiger partial charge in [0.1, 0.15) is 11.4 Å². The van der Waals surface area contributed by atoms with E-state index in [4.69, 9.17) is 15.3 Å². The lowest BCUT2D eigenvalue weighted by Crippen LogP contribution is -2.54. The number of fused-ring (bicyclic) bond motifs is 5. The van der Waals surface area contributed by atoms with Crippen molar-refractivity contribution in [2.24, 2.45) is 17.3 Å². The zero-order valence-corrected chi connectivity index (χ0v) is 24.0. The Kier molecular flexibility index (Phi) is 5.91. The van der Waals surface area contributed by atoms with E-state index in [0.29, 0.717) is 17.8 Å². The zero-order valence-electron chi connectivity index (χ0n) is 20.4. The van der Waals surface area contributed by atoms with Crippen molar-refractivity contribution < 1.29 is 8.85 Å². The zero-order chi connectivity index (χ0) is 22.8. The van der Waals surface area contributed by atoms with Gasteiger partial charge < -0.3 is 8.85 Å². The van der Waals surface area contributed by atoms with Gasteiger partial charge in [0.05, 0.1) is 4.47 Å². The maximum absolute atomic E-state index is 6.82. The first-order valence-corrected chi connectivity index (χ1v) is 19.6. The van der Waals surface area contributed by atoms with Crippen molar-refractivity contribution in [3.8, 4) is 18.1 Å². The van der Waals surface area contributed by atoms with E-state index in [1.165, 1.54) is 29.3 Å². The third-order valence-corrected chi connectivity index (χ3v) is 10.7. The van der Waals surface area contributed by atoms with Crippen LogP contribution in [-0.2, 0) is 10.8 Å². The van der Waals surface area contributed by atoms with E-state index in [1.54, 1.807) is 5.56 Å². The SMILES string of the molecule is C#CC1(O[Si](C)(C)C)CC[C@H]2[C@@H]3CCc4c(ccc(O[Si](C)(C)C)c4Br)[C@H]3CC[C@@]21C. The van der Waals surface area contributed by atoms with Crippen molar-refractivity contribution >= 4 is 32.6 Å². The molecule has 170 valence electrons. The molecule has 1 aromatic rings. The van der Waals surface area contributed by atoms with Crippen LogP contribution in [0.1, 0.15) is 56.1 Å². The molecular formula is C26H39BrO2Si2. The van der Waals surface area contributed by atoms with Crippen LogP contribution >= 0.6 is 15.9 Å². The topological polar surface area (TPSA) is 18.5 Å². The molecule has 31 heavy (non-hydrogen) atoms. The summed E-state index contributed by atoms with van der Waals surface area (Å²) in [6.45, 7) is 16.0. The molecule has 0 N–H and O–H groups in total. The fraction of sp³-hybridized carbons (Fsp3) is 0.692. The maximum Gasteiger partial charge on any atom is 0.242 e. The van der Waals surface area contributed by atoms with Crippen molar-refractivity contribution in [1.29, 1.82) is 0 Å². The third kappa shape index (κ3) is 4.00. The molecule has 2 nitrogen and oxygen atoms in total. The van der Waals surface area contributed by atoms with Gasteiger partial charge in [0.15, 0.2) is 8.32 Å². The minimum atomic E-state index is -1.73. The molecule has 0 aliphatic heterocycles. The monoisotopic (exact) mass is 518 g/mol. The van der Waals surface area contributed by atoms with Crippen LogP contribution in [0.15, 0.2) is 16.6 Å². The number of hydrogen-bond donors (Lipinski definition) is 0. The van der Waals surface area contributed by atoms with Crippen LogP contribution in [0, 0.1) is 29.6 Å². The number of rotatable bonds is 4. The van der Waals surface area contributed by atoms with Crippen LogP contribution in [0.5, 0.6) is 5.75 Å². The minimum Gasteiger partial charge on any atom is -0.544 e. The highest BCUT2D eigenvalue weighted by molar-refractivity contribution is 9.10. The number of benzene rings is 1. The predicted octanol–water partition coefficient (Wildman–Crippen LogP) is 7.74. The van der Waals surface area contributed by atoms with Crippen molar-refractivity contribution in [1.82, 2.24) is 0 Å². The maximum atomic E-state index is 6.82. The van der Waals surface area contributed by atoms with E-state index >= 15 is 0 Å². The first kappa shape index (κ1) is 23.6. The van der Waals surface area contributed by atoms with Crippen molar-refractivity contribution in [3.63, 3.8) is 0 Å². The molecule has 1 unspecified atom stereocenters. The Bertz CT molecular complexity index is 910. The second kappa shape index (κ2) is 7.75. The smallest absolute Gasteiger partial charge is 0.242 e. The number of halogens is 1. The molecule has 5 atom stereocenters. The van der Waals surface area contributed by atoms with E-state index < -0.39 is 16.6 Å². The first-order valence-electron chi connectivity index (χ1n) is 12.0. The molecule has 3 aliphatic rings. The van der Waals surface area contributed by atoms with E-state index in [-0.39, 0.29) is 11.0 Å². The van der Waals surface area contributed by atoms with Gasteiger partial charge in [-0.3, -0.25) is 0 Å². The standard InChI is InChI=1S/C26H39BrO2Si2/c1-9-26(29-31(6,7)8)17-15-22-20-10-11-21-18(19(20)14-16-25(22,26)2)12-13-23(24(21)27)28-30(3,4)5/h1,12-13,19-20,22H,10-11,14-17H2,2-8H3/t19-,20-,22+,25+,26?/m1/s1. The summed E-state index contributed by atoms with van der Waals surface area (Å²) >= 11 is 3.92. The van der Waals surface area contributed by atoms with Crippen LogP contribution in [0.4, 0.5) is 0 Å². The van der Waals surface area contributed by atoms with E-state index in [9.17, 15) is 0 Å². The summed E-state index contributed by atoms with van der Waals surface area (Å²) in [6, 6.07) is 4.59. The molecule has 2 saturated carbocycles. The molecule has 0 amide bonds. The van der Waals surface area contributed by atoms with Crippen LogP contribution < -0.4 is 4.43 Å². The van der Waals surface area contributed by atoms with Crippen molar-refractivity contribution in [3.05, 3.63) is 27.7 Å². The van der Waals surface area contributed by atoms with Gasteiger partial charge >= 0.3 is 0 Å². The third-order valence-electron chi connectivity index (χ3n) is 8.06. The normalized spacial score (nSPS) is 35.0. The highest BCUT2D eigenvalue weighted by Crippen LogP contribution is 2.65. The highest BCUT2D eigenvalue weighted by atomic mass is 79.9. The predicted molar refractivity (Wildman–Crippen MR) is 139 cm³/mol. The molecule has 0 heterocycles.